The van der Waals surface area contributed by atoms with Crippen molar-refractivity contribution in [3.05, 3.63) is 12.2 Å². The lowest BCUT2D eigenvalue weighted by atomic mass is 10.1. The molecule has 0 aromatic rings. The molecule has 0 aromatic heterocycles. The van der Waals surface area contributed by atoms with E-state index in [0.717, 1.165) is 0 Å². The summed E-state index contributed by atoms with van der Waals surface area (Å²) in [5.74, 6) is 0. The van der Waals surface area contributed by atoms with Crippen LogP contribution >= 0.6 is 0 Å². The second-order valence-electron chi connectivity index (χ2n) is 6.39. The van der Waals surface area contributed by atoms with E-state index in [2.05, 4.69) is 38.1 Å². The quantitative estimate of drug-likeness (QED) is 0.255. The van der Waals surface area contributed by atoms with Gasteiger partial charge >= 0.3 is 0 Å². The highest BCUT2D eigenvalue weighted by atomic mass is 15.0. The van der Waals surface area contributed by atoms with E-state index in [9.17, 15) is 0 Å². The molecule has 0 saturated heterocycles. The Morgan fingerprint density at radius 3 is 1.55 bits per heavy atom. The zero-order chi connectivity index (χ0) is 14.9. The number of unbranched alkanes of at least 4 members (excludes halogenated alkanes) is 11. The average Bonchev–Trinajstić information content (AvgIpc) is 2.43. The normalized spacial score (nSPS) is 11.8. The van der Waals surface area contributed by atoms with E-state index in [1.54, 1.807) is 0 Å². The number of nitrogens with zero attached hydrogens (tertiary/aromatic N) is 1. The summed E-state index contributed by atoms with van der Waals surface area (Å²) in [7, 11) is 4.32. The van der Waals surface area contributed by atoms with Crippen LogP contribution in [-0.4, -0.2) is 25.5 Å². The van der Waals surface area contributed by atoms with Crippen molar-refractivity contribution < 1.29 is 0 Å². The van der Waals surface area contributed by atoms with Gasteiger partial charge in [-0.3, -0.25) is 0 Å². The smallest absolute Gasteiger partial charge is 0.00248 e. The van der Waals surface area contributed by atoms with E-state index >= 15 is 0 Å². The second-order valence-corrected chi connectivity index (χ2v) is 6.39. The van der Waals surface area contributed by atoms with Gasteiger partial charge in [0.2, 0.25) is 0 Å². The molecule has 0 saturated carbocycles. The van der Waals surface area contributed by atoms with Crippen LogP contribution < -0.4 is 0 Å². The fraction of sp³-hybridized carbons (Fsp3) is 0.895. The Morgan fingerprint density at radius 1 is 0.600 bits per heavy atom. The van der Waals surface area contributed by atoms with Gasteiger partial charge < -0.3 is 4.90 Å². The maximum atomic E-state index is 2.41. The van der Waals surface area contributed by atoms with Crippen molar-refractivity contribution in [3.63, 3.8) is 0 Å². The minimum Gasteiger partial charge on any atom is -0.309 e. The van der Waals surface area contributed by atoms with Gasteiger partial charge in [0, 0.05) is 0 Å². The Labute approximate surface area is 128 Å². The highest BCUT2D eigenvalue weighted by Gasteiger charge is 1.91. The number of hydrogen-bond acceptors (Lipinski definition) is 1. The summed E-state index contributed by atoms with van der Waals surface area (Å²) in [6.07, 6.45) is 22.9. The van der Waals surface area contributed by atoms with Crippen LogP contribution in [0.1, 0.15) is 90.4 Å². The van der Waals surface area contributed by atoms with Crippen LogP contribution in [0.3, 0.4) is 0 Å². The Bertz CT molecular complexity index is 196. The van der Waals surface area contributed by atoms with Gasteiger partial charge in [-0.15, -0.1) is 0 Å². The van der Waals surface area contributed by atoms with Crippen molar-refractivity contribution in [2.45, 2.75) is 90.4 Å². The van der Waals surface area contributed by atoms with E-state index in [1.165, 1.54) is 90.0 Å². The summed E-state index contributed by atoms with van der Waals surface area (Å²) < 4.78 is 0. The molecule has 1 heteroatoms. The Kier molecular flexibility index (Phi) is 16.5. The monoisotopic (exact) mass is 281 g/mol. The molecule has 0 fully saturated rings. The van der Waals surface area contributed by atoms with E-state index < -0.39 is 0 Å². The number of allylic oxidation sites excluding steroid dienone is 2. The summed E-state index contributed by atoms with van der Waals surface area (Å²) in [4.78, 5) is 2.28. The highest BCUT2D eigenvalue weighted by Crippen LogP contribution is 2.09. The molecule has 0 bridgehead atoms. The molecule has 0 aliphatic heterocycles. The van der Waals surface area contributed by atoms with Gasteiger partial charge in [-0.05, 0) is 52.7 Å². The summed E-state index contributed by atoms with van der Waals surface area (Å²) in [5.41, 5.74) is 0. The maximum Gasteiger partial charge on any atom is -0.00248 e. The molecule has 0 unspecified atom stereocenters. The molecule has 0 amide bonds. The fourth-order valence-electron chi connectivity index (χ4n) is 2.50. The molecule has 0 N–H and O–H groups in total. The van der Waals surface area contributed by atoms with Gasteiger partial charge in [-0.25, -0.2) is 0 Å². The molecule has 0 aromatic carbocycles. The Morgan fingerprint density at radius 2 is 1.05 bits per heavy atom. The zero-order valence-corrected chi connectivity index (χ0v) is 14.5. The molecule has 0 radical (unpaired) electrons. The first kappa shape index (κ1) is 19.7. The molecule has 0 rings (SSSR count). The van der Waals surface area contributed by atoms with Gasteiger partial charge in [-0.1, -0.05) is 70.4 Å². The fourth-order valence-corrected chi connectivity index (χ4v) is 2.50. The van der Waals surface area contributed by atoms with Gasteiger partial charge in [0.15, 0.2) is 0 Å². The first-order chi connectivity index (χ1) is 9.77. The third-order valence-corrected chi connectivity index (χ3v) is 3.87. The standard InChI is InChI=1S/C19H39N/c1-4-5-6-7-8-9-10-11-12-13-14-15-16-17-18-19-20(2)3/h12-13H,4-11,14-19H2,1-3H3/b13-12+. The summed E-state index contributed by atoms with van der Waals surface area (Å²) in [6, 6.07) is 0. The van der Waals surface area contributed by atoms with E-state index in [4.69, 9.17) is 0 Å². The van der Waals surface area contributed by atoms with Crippen molar-refractivity contribution in [3.8, 4) is 0 Å². The van der Waals surface area contributed by atoms with Crippen LogP contribution in [0.25, 0.3) is 0 Å². The van der Waals surface area contributed by atoms with Gasteiger partial charge in [0.05, 0.1) is 0 Å². The van der Waals surface area contributed by atoms with Crippen LogP contribution in [0.15, 0.2) is 12.2 Å². The largest absolute Gasteiger partial charge is 0.309 e. The molecule has 20 heavy (non-hydrogen) atoms. The Balaban J connectivity index is 3.05. The van der Waals surface area contributed by atoms with Crippen LogP contribution in [0.5, 0.6) is 0 Å². The van der Waals surface area contributed by atoms with Crippen LogP contribution in [0.2, 0.25) is 0 Å². The van der Waals surface area contributed by atoms with E-state index in [0.29, 0.717) is 0 Å². The minimum absolute atomic E-state index is 1.24. The molecule has 0 aliphatic rings. The predicted molar refractivity (Wildman–Crippen MR) is 93.4 cm³/mol. The SMILES string of the molecule is CCCCCCCCC/C=C/CCCCCCN(C)C. The first-order valence-corrected chi connectivity index (χ1v) is 9.07. The van der Waals surface area contributed by atoms with Crippen molar-refractivity contribution in [1.29, 1.82) is 0 Å². The lowest BCUT2D eigenvalue weighted by molar-refractivity contribution is 0.390. The summed E-state index contributed by atoms with van der Waals surface area (Å²) in [6.45, 7) is 3.53. The molecule has 0 atom stereocenters. The van der Waals surface area contributed by atoms with Gasteiger partial charge in [-0.2, -0.15) is 0 Å². The summed E-state index contributed by atoms with van der Waals surface area (Å²) >= 11 is 0. The van der Waals surface area contributed by atoms with Crippen molar-refractivity contribution >= 4 is 0 Å². The summed E-state index contributed by atoms with van der Waals surface area (Å²) in [5, 5.41) is 0. The molecule has 0 heterocycles. The Hall–Kier alpha value is -0.300. The van der Waals surface area contributed by atoms with E-state index in [1.807, 2.05) is 0 Å². The van der Waals surface area contributed by atoms with Crippen molar-refractivity contribution in [2.24, 2.45) is 0 Å². The number of rotatable bonds is 15. The van der Waals surface area contributed by atoms with Gasteiger partial charge in [0.1, 0.15) is 0 Å². The lowest BCUT2D eigenvalue weighted by Crippen LogP contribution is -2.12. The minimum atomic E-state index is 1.24. The van der Waals surface area contributed by atoms with Crippen LogP contribution in [0, 0.1) is 0 Å². The maximum absolute atomic E-state index is 2.41. The average molecular weight is 282 g/mol. The highest BCUT2D eigenvalue weighted by molar-refractivity contribution is 4.81. The molecule has 0 aliphatic carbocycles. The molecule has 1 nitrogen and oxygen atoms in total. The predicted octanol–water partition coefficient (Wildman–Crippen LogP) is 6.20. The number of hydrogen-bond donors (Lipinski definition) is 0. The molecular formula is C19H39N. The first-order valence-electron chi connectivity index (χ1n) is 9.07. The molecule has 0 spiro atoms. The van der Waals surface area contributed by atoms with Crippen molar-refractivity contribution in [1.82, 2.24) is 4.90 Å². The van der Waals surface area contributed by atoms with Crippen molar-refractivity contribution in [2.75, 3.05) is 20.6 Å². The molecular weight excluding hydrogens is 242 g/mol. The van der Waals surface area contributed by atoms with E-state index in [-0.39, 0.29) is 0 Å². The third kappa shape index (κ3) is 17.7. The lowest BCUT2D eigenvalue weighted by Gasteiger charge is -2.07. The topological polar surface area (TPSA) is 3.24 Å². The van der Waals surface area contributed by atoms with Gasteiger partial charge in [0.25, 0.3) is 0 Å². The van der Waals surface area contributed by atoms with Crippen LogP contribution in [0.4, 0.5) is 0 Å². The van der Waals surface area contributed by atoms with Crippen LogP contribution in [-0.2, 0) is 0 Å². The zero-order valence-electron chi connectivity index (χ0n) is 14.5. The molecule has 120 valence electrons. The second kappa shape index (κ2) is 16.8. The third-order valence-electron chi connectivity index (χ3n) is 3.87.